The van der Waals surface area contributed by atoms with Crippen molar-refractivity contribution >= 4 is 34.9 Å². The van der Waals surface area contributed by atoms with Crippen LogP contribution in [0.5, 0.6) is 5.75 Å². The molecule has 0 spiro atoms. The summed E-state index contributed by atoms with van der Waals surface area (Å²) in [6, 6.07) is 8.57. The van der Waals surface area contributed by atoms with Crippen LogP contribution in [0, 0.1) is 0 Å². The Morgan fingerprint density at radius 3 is 2.68 bits per heavy atom. The molecule has 12 heteroatoms. The summed E-state index contributed by atoms with van der Waals surface area (Å²) in [7, 11) is 1.72. The number of likely N-dealkylation sites (N-methyl/N-ethyl adjacent to an activating group) is 1. The van der Waals surface area contributed by atoms with Crippen molar-refractivity contribution < 1.29 is 32.6 Å². The molecule has 4 heterocycles. The first-order valence-corrected chi connectivity index (χ1v) is 11.9. The Bertz CT molecular complexity index is 1340. The van der Waals surface area contributed by atoms with Gasteiger partial charge in [0, 0.05) is 56.6 Å². The van der Waals surface area contributed by atoms with Crippen LogP contribution in [-0.2, 0) is 6.42 Å². The normalized spacial score (nSPS) is 17.6. The number of amides is 2. The number of ether oxygens (including phenoxy) is 1. The predicted molar refractivity (Wildman–Crippen MR) is 131 cm³/mol. The number of halogens is 3. The van der Waals surface area contributed by atoms with Gasteiger partial charge in [0.2, 0.25) is 0 Å². The number of fused-ring (bicyclic) bond motifs is 1. The molecule has 2 aromatic heterocycles. The number of carbonyl (C=O) groups is 2. The van der Waals surface area contributed by atoms with Crippen LogP contribution in [0.3, 0.4) is 0 Å². The molecule has 1 aromatic carbocycles. The van der Waals surface area contributed by atoms with Gasteiger partial charge in [0.1, 0.15) is 23.1 Å². The monoisotopic (exact) mass is 532 g/mol. The number of β-amino-alcohol motifs (C(OH)–C–C–N with tert-alkyl or cyclic N) is 1. The molecular formula is C25H23ClF2N4O5. The van der Waals surface area contributed by atoms with Crippen molar-refractivity contribution in [3.63, 3.8) is 0 Å². The van der Waals surface area contributed by atoms with Crippen LogP contribution in [0.4, 0.5) is 20.3 Å². The molecule has 0 bridgehead atoms. The van der Waals surface area contributed by atoms with E-state index in [1.165, 1.54) is 30.5 Å². The van der Waals surface area contributed by atoms with E-state index in [0.29, 0.717) is 66.6 Å². The van der Waals surface area contributed by atoms with Gasteiger partial charge in [0.05, 0.1) is 22.8 Å². The van der Waals surface area contributed by atoms with Crippen LogP contribution in [0.25, 0.3) is 11.3 Å². The number of furan rings is 1. The SMILES string of the molecule is CN1CCc2oc(-c3cc(C(=O)Nc4ccc(OC(F)(F)Cl)cc4)cnc3N3CCC(O)C3)cc2C1=O. The molecule has 1 atom stereocenters. The molecule has 2 aliphatic rings. The largest absolute Gasteiger partial charge is 0.487 e. The Kier molecular flexibility index (Phi) is 6.50. The Balaban J connectivity index is 1.44. The molecule has 2 amide bonds. The lowest BCUT2D eigenvalue weighted by atomic mass is 10.1. The average molecular weight is 533 g/mol. The molecule has 3 aromatic rings. The van der Waals surface area contributed by atoms with E-state index in [1.54, 1.807) is 24.1 Å². The van der Waals surface area contributed by atoms with Crippen molar-refractivity contribution in [1.29, 1.82) is 0 Å². The highest BCUT2D eigenvalue weighted by atomic mass is 35.5. The van der Waals surface area contributed by atoms with Crippen LogP contribution in [0.15, 0.2) is 47.0 Å². The number of carbonyl (C=O) groups excluding carboxylic acids is 2. The van der Waals surface area contributed by atoms with Crippen LogP contribution < -0.4 is 15.0 Å². The number of aliphatic hydroxyl groups excluding tert-OH is 1. The van der Waals surface area contributed by atoms with Gasteiger partial charge in [-0.05, 0) is 42.8 Å². The maximum Gasteiger partial charge on any atom is 0.487 e. The van der Waals surface area contributed by atoms with Crippen molar-refractivity contribution in [3.05, 3.63) is 59.5 Å². The third-order valence-corrected chi connectivity index (χ3v) is 6.34. The van der Waals surface area contributed by atoms with E-state index in [1.807, 2.05) is 4.90 Å². The average Bonchev–Trinajstić information content (AvgIpc) is 3.48. The summed E-state index contributed by atoms with van der Waals surface area (Å²) in [5, 5.41) is 12.7. The molecule has 37 heavy (non-hydrogen) atoms. The number of benzene rings is 1. The summed E-state index contributed by atoms with van der Waals surface area (Å²) >= 11 is 4.78. The summed E-state index contributed by atoms with van der Waals surface area (Å²) in [6.07, 6.45) is 2.06. The van der Waals surface area contributed by atoms with E-state index in [-0.39, 0.29) is 17.2 Å². The topological polar surface area (TPSA) is 108 Å². The van der Waals surface area contributed by atoms with Crippen LogP contribution in [0.2, 0.25) is 0 Å². The number of hydrogen-bond acceptors (Lipinski definition) is 7. The van der Waals surface area contributed by atoms with E-state index < -0.39 is 17.6 Å². The molecule has 5 rings (SSSR count). The minimum absolute atomic E-state index is 0.143. The third-order valence-electron chi connectivity index (χ3n) is 6.26. The zero-order valence-electron chi connectivity index (χ0n) is 19.7. The van der Waals surface area contributed by atoms with Crippen molar-refractivity contribution in [1.82, 2.24) is 9.88 Å². The van der Waals surface area contributed by atoms with Gasteiger partial charge < -0.3 is 29.4 Å². The number of nitrogens with one attached hydrogen (secondary N) is 1. The van der Waals surface area contributed by atoms with E-state index >= 15 is 0 Å². The zero-order chi connectivity index (χ0) is 26.3. The highest BCUT2D eigenvalue weighted by molar-refractivity contribution is 6.20. The highest BCUT2D eigenvalue weighted by Gasteiger charge is 2.30. The second-order valence-corrected chi connectivity index (χ2v) is 9.37. The maximum atomic E-state index is 13.0. The molecule has 1 unspecified atom stereocenters. The first-order valence-electron chi connectivity index (χ1n) is 11.6. The zero-order valence-corrected chi connectivity index (χ0v) is 20.5. The fraction of sp³-hybridized carbons (Fsp3) is 0.320. The van der Waals surface area contributed by atoms with Gasteiger partial charge in [-0.1, -0.05) is 0 Å². The predicted octanol–water partition coefficient (Wildman–Crippen LogP) is 3.96. The molecule has 0 radical (unpaired) electrons. The lowest BCUT2D eigenvalue weighted by Crippen LogP contribution is -2.33. The van der Waals surface area contributed by atoms with Crippen LogP contribution in [0.1, 0.15) is 32.9 Å². The van der Waals surface area contributed by atoms with Gasteiger partial charge in [-0.25, -0.2) is 4.98 Å². The molecule has 2 aliphatic heterocycles. The third kappa shape index (κ3) is 5.37. The van der Waals surface area contributed by atoms with Gasteiger partial charge in [-0.3, -0.25) is 9.59 Å². The first-order chi connectivity index (χ1) is 17.6. The maximum absolute atomic E-state index is 13.0. The number of alkyl halides is 3. The van der Waals surface area contributed by atoms with Crippen molar-refractivity contribution in [2.24, 2.45) is 0 Å². The molecular weight excluding hydrogens is 510 g/mol. The minimum Gasteiger partial charge on any atom is -0.460 e. The smallest absolute Gasteiger partial charge is 0.460 e. The van der Waals surface area contributed by atoms with E-state index in [0.717, 1.165) is 0 Å². The van der Waals surface area contributed by atoms with Crippen LogP contribution >= 0.6 is 11.6 Å². The van der Waals surface area contributed by atoms with Gasteiger partial charge in [0.15, 0.2) is 0 Å². The fourth-order valence-corrected chi connectivity index (χ4v) is 4.49. The number of hydrogen-bond donors (Lipinski definition) is 2. The molecule has 1 saturated heterocycles. The van der Waals surface area contributed by atoms with Gasteiger partial charge in [0.25, 0.3) is 11.8 Å². The first kappa shape index (κ1) is 25.0. The van der Waals surface area contributed by atoms with Gasteiger partial charge in [-0.2, -0.15) is 0 Å². The quantitative estimate of drug-likeness (QED) is 0.463. The molecule has 194 valence electrons. The Labute approximate surface area is 215 Å². The van der Waals surface area contributed by atoms with Crippen molar-refractivity contribution in [3.8, 4) is 17.1 Å². The Hall–Kier alpha value is -3.70. The van der Waals surface area contributed by atoms with E-state index in [4.69, 9.17) is 16.0 Å². The van der Waals surface area contributed by atoms with Crippen molar-refractivity contribution in [2.75, 3.05) is 36.9 Å². The summed E-state index contributed by atoms with van der Waals surface area (Å²) in [5.74, 6) is 0.700. The summed E-state index contributed by atoms with van der Waals surface area (Å²) < 4.78 is 36.0. The van der Waals surface area contributed by atoms with Crippen LogP contribution in [-0.4, -0.2) is 65.2 Å². The Morgan fingerprint density at radius 1 is 1.24 bits per heavy atom. The fourth-order valence-electron chi connectivity index (χ4n) is 4.40. The number of pyridine rings is 1. The number of anilines is 2. The highest BCUT2D eigenvalue weighted by Crippen LogP contribution is 2.36. The minimum atomic E-state index is -3.84. The number of aromatic nitrogens is 1. The summed E-state index contributed by atoms with van der Waals surface area (Å²) in [4.78, 5) is 33.7. The van der Waals surface area contributed by atoms with E-state index in [9.17, 15) is 23.5 Å². The van der Waals surface area contributed by atoms with Crippen molar-refractivity contribution in [2.45, 2.75) is 24.5 Å². The molecule has 0 aliphatic carbocycles. The van der Waals surface area contributed by atoms with Gasteiger partial charge in [-0.15, -0.1) is 8.78 Å². The second-order valence-electron chi connectivity index (χ2n) is 8.93. The second kappa shape index (κ2) is 9.64. The number of aliphatic hydroxyl groups is 1. The molecule has 1 fully saturated rings. The molecule has 2 N–H and O–H groups in total. The lowest BCUT2D eigenvalue weighted by molar-refractivity contribution is -0.0964. The van der Waals surface area contributed by atoms with E-state index in [2.05, 4.69) is 15.0 Å². The summed E-state index contributed by atoms with van der Waals surface area (Å²) in [5.41, 5.74) is -2.31. The molecule has 0 saturated carbocycles. The summed E-state index contributed by atoms with van der Waals surface area (Å²) in [6.45, 7) is 1.49. The standard InChI is InChI=1S/C25H23ClF2N4O5/c1-31-8-7-20-19(24(31)35)11-21(36-20)18-10-14(12-29-22(18)32-9-6-16(33)13-32)23(34)30-15-2-4-17(5-3-15)37-25(26,27)28/h2-5,10-12,16,33H,6-9,13H2,1H3,(H,30,34). The number of nitrogens with zero attached hydrogens (tertiary/aromatic N) is 3. The van der Waals surface area contributed by atoms with Gasteiger partial charge >= 0.3 is 5.57 Å². The lowest BCUT2D eigenvalue weighted by Gasteiger charge is -2.20. The molecule has 9 nitrogen and oxygen atoms in total. The number of rotatable bonds is 6. The Morgan fingerprint density at radius 2 is 2.00 bits per heavy atom.